The number of rotatable bonds is 5. The molecule has 4 nitrogen and oxygen atoms in total. The molecule has 0 unspecified atom stereocenters. The van der Waals surface area contributed by atoms with Gasteiger partial charge in [0, 0.05) is 23.7 Å². The molecule has 0 spiro atoms. The van der Waals surface area contributed by atoms with E-state index in [2.05, 4.69) is 21.7 Å². The molecule has 30 heavy (non-hydrogen) atoms. The molecule has 1 heterocycles. The molecular weight excluding hydrogens is 415 g/mol. The molecule has 0 aliphatic heterocycles. The van der Waals surface area contributed by atoms with Crippen molar-refractivity contribution in [2.24, 2.45) is 10.7 Å². The van der Waals surface area contributed by atoms with Gasteiger partial charge in [0.05, 0.1) is 21.1 Å². The second-order valence-corrected chi connectivity index (χ2v) is 8.26. The third kappa shape index (κ3) is 4.20. The average Bonchev–Trinajstić information content (AvgIpc) is 3.08. The Balaban J connectivity index is 1.89. The van der Waals surface area contributed by atoms with Crippen LogP contribution >= 0.6 is 23.2 Å². The van der Waals surface area contributed by atoms with E-state index in [9.17, 15) is 0 Å². The first kappa shape index (κ1) is 20.5. The van der Waals surface area contributed by atoms with Gasteiger partial charge >= 0.3 is 0 Å². The smallest absolute Gasteiger partial charge is 0.141 e. The lowest BCUT2D eigenvalue weighted by Gasteiger charge is -2.11. The van der Waals surface area contributed by atoms with Gasteiger partial charge in [-0.05, 0) is 55.8 Å². The van der Waals surface area contributed by atoms with Gasteiger partial charge in [0.2, 0.25) is 0 Å². The van der Waals surface area contributed by atoms with Crippen LogP contribution in [0.25, 0.3) is 22.4 Å². The van der Waals surface area contributed by atoms with Crippen LogP contribution in [0.4, 0.5) is 0 Å². The molecule has 0 amide bonds. The summed E-state index contributed by atoms with van der Waals surface area (Å²) in [6.07, 6.45) is 0. The Morgan fingerprint density at radius 2 is 1.77 bits per heavy atom. The van der Waals surface area contributed by atoms with Crippen LogP contribution in [0.15, 0.2) is 71.7 Å². The summed E-state index contributed by atoms with van der Waals surface area (Å²) >= 11 is 12.4. The van der Waals surface area contributed by atoms with Crippen molar-refractivity contribution in [3.63, 3.8) is 0 Å². The lowest BCUT2D eigenvalue weighted by Crippen LogP contribution is -2.15. The molecule has 0 aliphatic carbocycles. The number of amidine groups is 1. The topological polar surface area (TPSA) is 56.2 Å². The molecule has 4 rings (SSSR count). The fourth-order valence-corrected chi connectivity index (χ4v) is 3.72. The Kier molecular flexibility index (Phi) is 5.80. The Morgan fingerprint density at radius 1 is 1.00 bits per heavy atom. The molecule has 0 saturated carbocycles. The summed E-state index contributed by atoms with van der Waals surface area (Å²) in [5.74, 6) is 1.34. The SMILES string of the molecule is CC(C)N=C(N)c1ccc2c(c1)nc(-c1ccc(Cl)c(Cl)c1)n2Cc1ccccc1. The van der Waals surface area contributed by atoms with Crippen molar-refractivity contribution in [3.05, 3.63) is 87.9 Å². The molecule has 4 aromatic rings. The highest BCUT2D eigenvalue weighted by atomic mass is 35.5. The van der Waals surface area contributed by atoms with Gasteiger partial charge in [-0.2, -0.15) is 0 Å². The summed E-state index contributed by atoms with van der Waals surface area (Å²) in [5, 5.41) is 1.02. The Bertz CT molecular complexity index is 1230. The van der Waals surface area contributed by atoms with E-state index in [1.807, 2.05) is 62.4 Å². The minimum absolute atomic E-state index is 0.128. The maximum absolute atomic E-state index is 6.29. The summed E-state index contributed by atoms with van der Waals surface area (Å²) in [7, 11) is 0. The zero-order valence-corrected chi connectivity index (χ0v) is 18.3. The number of hydrogen-bond acceptors (Lipinski definition) is 2. The van der Waals surface area contributed by atoms with Crippen LogP contribution in [-0.4, -0.2) is 21.4 Å². The Morgan fingerprint density at radius 3 is 2.47 bits per heavy atom. The largest absolute Gasteiger partial charge is 0.383 e. The number of fused-ring (bicyclic) bond motifs is 1. The minimum atomic E-state index is 0.128. The van der Waals surface area contributed by atoms with Gasteiger partial charge in [-0.3, -0.25) is 4.99 Å². The molecular formula is C24H22Cl2N4. The molecule has 1 aromatic heterocycles. The predicted octanol–water partition coefficient (Wildman–Crippen LogP) is 6.17. The van der Waals surface area contributed by atoms with E-state index in [0.29, 0.717) is 22.4 Å². The van der Waals surface area contributed by atoms with Crippen LogP contribution < -0.4 is 5.73 Å². The van der Waals surface area contributed by atoms with Crippen LogP contribution in [0, 0.1) is 0 Å². The number of benzene rings is 3. The van der Waals surface area contributed by atoms with Gasteiger partial charge in [0.25, 0.3) is 0 Å². The van der Waals surface area contributed by atoms with Gasteiger partial charge in [-0.15, -0.1) is 0 Å². The second kappa shape index (κ2) is 8.50. The third-order valence-corrected chi connectivity index (χ3v) is 5.54. The monoisotopic (exact) mass is 436 g/mol. The Hall–Kier alpha value is -2.82. The van der Waals surface area contributed by atoms with Gasteiger partial charge in [0.1, 0.15) is 11.7 Å². The number of hydrogen-bond donors (Lipinski definition) is 1. The summed E-state index contributed by atoms with van der Waals surface area (Å²) in [4.78, 5) is 9.38. The highest BCUT2D eigenvalue weighted by Gasteiger charge is 2.15. The quantitative estimate of drug-likeness (QED) is 0.300. The third-order valence-electron chi connectivity index (χ3n) is 4.80. The number of nitrogens with two attached hydrogens (primary N) is 1. The van der Waals surface area contributed by atoms with Gasteiger partial charge < -0.3 is 10.3 Å². The van der Waals surface area contributed by atoms with Gasteiger partial charge in [-0.25, -0.2) is 4.98 Å². The number of imidazole rings is 1. The summed E-state index contributed by atoms with van der Waals surface area (Å²) in [5.41, 5.74) is 11.0. The number of halogens is 2. The fraction of sp³-hybridized carbons (Fsp3) is 0.167. The lowest BCUT2D eigenvalue weighted by molar-refractivity contribution is 0.833. The first-order chi connectivity index (χ1) is 14.4. The van der Waals surface area contributed by atoms with Gasteiger partial charge in [0.15, 0.2) is 0 Å². The Labute approximate surface area is 186 Å². The lowest BCUT2D eigenvalue weighted by atomic mass is 10.1. The normalized spacial score (nSPS) is 12.1. The zero-order valence-electron chi connectivity index (χ0n) is 16.8. The van der Waals surface area contributed by atoms with Crippen LogP contribution in [0.1, 0.15) is 25.0 Å². The molecule has 0 radical (unpaired) electrons. The molecule has 152 valence electrons. The zero-order chi connectivity index (χ0) is 21.3. The van der Waals surface area contributed by atoms with E-state index in [0.717, 1.165) is 28.0 Å². The fourth-order valence-electron chi connectivity index (χ4n) is 3.42. The molecule has 6 heteroatoms. The molecule has 0 saturated heterocycles. The van der Waals surface area contributed by atoms with E-state index in [1.165, 1.54) is 5.56 Å². The predicted molar refractivity (Wildman–Crippen MR) is 127 cm³/mol. The number of aromatic nitrogens is 2. The molecule has 2 N–H and O–H groups in total. The van der Waals surface area contributed by atoms with E-state index in [4.69, 9.17) is 33.9 Å². The van der Waals surface area contributed by atoms with Crippen LogP contribution in [0.5, 0.6) is 0 Å². The van der Waals surface area contributed by atoms with Crippen molar-refractivity contribution in [1.29, 1.82) is 0 Å². The minimum Gasteiger partial charge on any atom is -0.383 e. The van der Waals surface area contributed by atoms with E-state index < -0.39 is 0 Å². The summed E-state index contributed by atoms with van der Waals surface area (Å²) in [6.45, 7) is 4.69. The first-order valence-electron chi connectivity index (χ1n) is 9.75. The summed E-state index contributed by atoms with van der Waals surface area (Å²) in [6, 6.07) is 22.0. The van der Waals surface area contributed by atoms with Crippen LogP contribution in [0.3, 0.4) is 0 Å². The van der Waals surface area contributed by atoms with E-state index >= 15 is 0 Å². The standard InChI is InChI=1S/C24H22Cl2N4/c1-15(2)28-23(27)17-9-11-22-21(13-17)29-24(18-8-10-19(25)20(26)12-18)30(22)14-16-6-4-3-5-7-16/h3-13,15H,14H2,1-2H3,(H2,27,28). The van der Waals surface area contributed by atoms with Crippen molar-refractivity contribution < 1.29 is 0 Å². The molecule has 0 fully saturated rings. The van der Waals surface area contributed by atoms with Crippen molar-refractivity contribution in [1.82, 2.24) is 9.55 Å². The van der Waals surface area contributed by atoms with Crippen molar-refractivity contribution in [2.75, 3.05) is 0 Å². The number of aliphatic imine (C=N–C) groups is 1. The highest BCUT2D eigenvalue weighted by Crippen LogP contribution is 2.31. The van der Waals surface area contributed by atoms with E-state index in [-0.39, 0.29) is 6.04 Å². The highest BCUT2D eigenvalue weighted by molar-refractivity contribution is 6.42. The van der Waals surface area contributed by atoms with E-state index in [1.54, 1.807) is 6.07 Å². The number of nitrogens with zero attached hydrogens (tertiary/aromatic N) is 3. The van der Waals surface area contributed by atoms with Crippen molar-refractivity contribution >= 4 is 40.1 Å². The van der Waals surface area contributed by atoms with Crippen molar-refractivity contribution in [3.8, 4) is 11.4 Å². The van der Waals surface area contributed by atoms with Gasteiger partial charge in [-0.1, -0.05) is 53.5 Å². The first-order valence-corrected chi connectivity index (χ1v) is 10.5. The molecule has 3 aromatic carbocycles. The van der Waals surface area contributed by atoms with Crippen LogP contribution in [0.2, 0.25) is 10.0 Å². The average molecular weight is 437 g/mol. The van der Waals surface area contributed by atoms with Crippen LogP contribution in [-0.2, 0) is 6.54 Å². The van der Waals surface area contributed by atoms with Crippen molar-refractivity contribution in [2.45, 2.75) is 26.4 Å². The maximum Gasteiger partial charge on any atom is 0.141 e. The molecule has 0 bridgehead atoms. The second-order valence-electron chi connectivity index (χ2n) is 7.45. The molecule has 0 atom stereocenters. The maximum atomic E-state index is 6.29. The molecule has 0 aliphatic rings. The summed E-state index contributed by atoms with van der Waals surface area (Å²) < 4.78 is 2.18.